The summed E-state index contributed by atoms with van der Waals surface area (Å²) < 4.78 is 11.9. The summed E-state index contributed by atoms with van der Waals surface area (Å²) in [4.78, 5) is 25.4. The summed E-state index contributed by atoms with van der Waals surface area (Å²) >= 11 is 0. The summed E-state index contributed by atoms with van der Waals surface area (Å²) in [7, 11) is 1.69. The molecule has 1 N–H and O–H groups in total. The highest BCUT2D eigenvalue weighted by atomic mass is 16.5. The van der Waals surface area contributed by atoms with E-state index in [1.54, 1.807) is 13.2 Å². The lowest BCUT2D eigenvalue weighted by atomic mass is 9.87. The second kappa shape index (κ2) is 15.4. The van der Waals surface area contributed by atoms with Gasteiger partial charge in [0, 0.05) is 43.6 Å². The molecule has 1 atom stereocenters. The minimum absolute atomic E-state index is 0.0127. The zero-order chi connectivity index (χ0) is 30.8. The number of carbonyl (C=O) groups excluding carboxylic acids is 1. The molecule has 2 heterocycles. The first kappa shape index (κ1) is 32.7. The smallest absolute Gasteiger partial charge is 0.253 e. The predicted molar refractivity (Wildman–Crippen MR) is 172 cm³/mol. The van der Waals surface area contributed by atoms with Crippen LogP contribution < -0.4 is 9.47 Å². The normalized spacial score (nSPS) is 15.0. The molecule has 0 aliphatic carbocycles. The molecular formula is C35H48N4O3. The number of aromatic nitrogens is 2. The van der Waals surface area contributed by atoms with Gasteiger partial charge in [-0.3, -0.25) is 9.69 Å². The minimum Gasteiger partial charge on any atom is -0.493 e. The lowest BCUT2D eigenvalue weighted by Gasteiger charge is -2.38. The van der Waals surface area contributed by atoms with Gasteiger partial charge >= 0.3 is 0 Å². The van der Waals surface area contributed by atoms with E-state index in [1.165, 1.54) is 11.1 Å². The van der Waals surface area contributed by atoms with Crippen molar-refractivity contribution in [3.05, 3.63) is 95.1 Å². The number of hydrogen-bond acceptors (Lipinski definition) is 5. The molecule has 4 rings (SSSR count). The molecule has 1 amide bonds. The number of hydrogen-bond donors (Lipinski definition) is 1. The number of imidazole rings is 1. The SMILES string of the molecule is C/C=C(\C)c1ncc(CN2CCc3cc(OC)c(OC(C)C)cc3C2c2ccc(C(=O)N(CC)CC)cc2)[nH]1.C=CC. The van der Waals surface area contributed by atoms with E-state index in [-0.39, 0.29) is 18.1 Å². The fraction of sp³-hybridized carbons (Fsp3) is 0.429. The quantitative estimate of drug-likeness (QED) is 0.256. The first-order valence-corrected chi connectivity index (χ1v) is 15.0. The van der Waals surface area contributed by atoms with Crippen molar-refractivity contribution in [2.24, 2.45) is 0 Å². The number of ether oxygens (including phenoxy) is 2. The van der Waals surface area contributed by atoms with Gasteiger partial charge in [0.1, 0.15) is 5.82 Å². The van der Waals surface area contributed by atoms with Crippen molar-refractivity contribution in [2.75, 3.05) is 26.7 Å². The molecule has 7 heteroatoms. The molecule has 0 spiro atoms. The minimum atomic E-state index is -0.0127. The highest BCUT2D eigenvalue weighted by molar-refractivity contribution is 5.94. The standard InChI is InChI=1S/C32H42N4O3.C3H6/c1-8-22(6)31-33-19-26(34-31)20-36-16-15-25-17-28(38-7)29(39-21(4)5)18-27(25)30(36)23-11-13-24(14-12-23)32(37)35(9-2)10-3;1-3-2/h8,11-14,17-19,21,30H,9-10,15-16,20H2,1-7H3,(H,33,34);3H,1H2,2H3/b22-8+;. The number of aromatic amines is 1. The first-order valence-electron chi connectivity index (χ1n) is 15.0. The van der Waals surface area contributed by atoms with Crippen molar-refractivity contribution in [3.8, 4) is 11.5 Å². The van der Waals surface area contributed by atoms with Crippen molar-refractivity contribution in [3.63, 3.8) is 0 Å². The number of nitrogens with zero attached hydrogens (tertiary/aromatic N) is 3. The first-order chi connectivity index (χ1) is 20.2. The Balaban J connectivity index is 0.00000155. The van der Waals surface area contributed by atoms with Crippen LogP contribution in [0.15, 0.2) is 61.3 Å². The second-order valence-corrected chi connectivity index (χ2v) is 10.7. The maximum absolute atomic E-state index is 13.0. The molecule has 226 valence electrons. The Labute approximate surface area is 252 Å². The van der Waals surface area contributed by atoms with Crippen molar-refractivity contribution < 1.29 is 14.3 Å². The van der Waals surface area contributed by atoms with Crippen LogP contribution in [-0.4, -0.2) is 58.5 Å². The van der Waals surface area contributed by atoms with E-state index in [2.05, 4.69) is 58.7 Å². The molecule has 0 bridgehead atoms. The molecule has 3 aromatic rings. The zero-order valence-electron chi connectivity index (χ0n) is 26.7. The average molecular weight is 573 g/mol. The molecular weight excluding hydrogens is 524 g/mol. The molecule has 42 heavy (non-hydrogen) atoms. The second-order valence-electron chi connectivity index (χ2n) is 10.7. The summed E-state index contributed by atoms with van der Waals surface area (Å²) in [5, 5.41) is 0. The van der Waals surface area contributed by atoms with Gasteiger partial charge in [0.2, 0.25) is 0 Å². The van der Waals surface area contributed by atoms with E-state index in [0.29, 0.717) is 18.7 Å². The number of amides is 1. The number of rotatable bonds is 10. The number of fused-ring (bicyclic) bond motifs is 1. The molecule has 7 nitrogen and oxygen atoms in total. The molecule has 0 saturated heterocycles. The molecule has 0 fully saturated rings. The van der Waals surface area contributed by atoms with Gasteiger partial charge in [-0.2, -0.15) is 0 Å². The molecule has 2 aromatic carbocycles. The Hall–Kier alpha value is -3.84. The Kier molecular flexibility index (Phi) is 12.0. The van der Waals surface area contributed by atoms with Gasteiger partial charge in [-0.05, 0) is 101 Å². The molecule has 1 aliphatic heterocycles. The largest absolute Gasteiger partial charge is 0.493 e. The third-order valence-electron chi connectivity index (χ3n) is 7.45. The summed E-state index contributed by atoms with van der Waals surface area (Å²) in [6.07, 6.45) is 6.67. The molecule has 0 saturated carbocycles. The maximum Gasteiger partial charge on any atom is 0.253 e. The van der Waals surface area contributed by atoms with Crippen molar-refractivity contribution in [1.82, 2.24) is 19.8 Å². The summed E-state index contributed by atoms with van der Waals surface area (Å²) in [6.45, 7) is 20.4. The van der Waals surface area contributed by atoms with E-state index < -0.39 is 0 Å². The van der Waals surface area contributed by atoms with Gasteiger partial charge in [-0.25, -0.2) is 4.98 Å². The number of carbonyl (C=O) groups is 1. The fourth-order valence-corrected chi connectivity index (χ4v) is 5.24. The van der Waals surface area contributed by atoms with Crippen LogP contribution in [0.4, 0.5) is 0 Å². The van der Waals surface area contributed by atoms with Crippen LogP contribution in [0, 0.1) is 0 Å². The van der Waals surface area contributed by atoms with E-state index in [4.69, 9.17) is 9.47 Å². The molecule has 1 unspecified atom stereocenters. The molecule has 1 aliphatic rings. The Morgan fingerprint density at radius 2 is 1.83 bits per heavy atom. The van der Waals surface area contributed by atoms with Crippen molar-refractivity contribution >= 4 is 11.5 Å². The highest BCUT2D eigenvalue weighted by Crippen LogP contribution is 2.42. The Morgan fingerprint density at radius 1 is 1.17 bits per heavy atom. The number of allylic oxidation sites excluding steroid dienone is 3. The summed E-state index contributed by atoms with van der Waals surface area (Å²) in [5.41, 5.74) is 6.49. The lowest BCUT2D eigenvalue weighted by Crippen LogP contribution is -2.36. The maximum atomic E-state index is 13.0. The third-order valence-corrected chi connectivity index (χ3v) is 7.45. The highest BCUT2D eigenvalue weighted by Gasteiger charge is 2.31. The number of methoxy groups -OCH3 is 1. The van der Waals surface area contributed by atoms with Crippen LogP contribution >= 0.6 is 0 Å². The average Bonchev–Trinajstić information content (AvgIpc) is 3.45. The lowest BCUT2D eigenvalue weighted by molar-refractivity contribution is 0.0773. The van der Waals surface area contributed by atoms with Crippen molar-refractivity contribution in [1.29, 1.82) is 0 Å². The van der Waals surface area contributed by atoms with Crippen LogP contribution in [0.25, 0.3) is 5.57 Å². The van der Waals surface area contributed by atoms with Crippen LogP contribution in [-0.2, 0) is 13.0 Å². The van der Waals surface area contributed by atoms with Gasteiger partial charge in [0.25, 0.3) is 5.91 Å². The van der Waals surface area contributed by atoms with E-state index in [0.717, 1.165) is 53.7 Å². The number of benzene rings is 2. The predicted octanol–water partition coefficient (Wildman–Crippen LogP) is 7.45. The molecule has 1 aromatic heterocycles. The monoisotopic (exact) mass is 572 g/mol. The van der Waals surface area contributed by atoms with Crippen LogP contribution in [0.2, 0.25) is 0 Å². The van der Waals surface area contributed by atoms with Crippen LogP contribution in [0.1, 0.15) is 93.1 Å². The van der Waals surface area contributed by atoms with E-state index in [1.807, 2.05) is 64.8 Å². The number of nitrogens with one attached hydrogen (secondary N) is 1. The zero-order valence-corrected chi connectivity index (χ0v) is 26.7. The third kappa shape index (κ3) is 7.71. The van der Waals surface area contributed by atoms with Gasteiger partial charge < -0.3 is 19.4 Å². The van der Waals surface area contributed by atoms with Crippen molar-refractivity contribution in [2.45, 2.75) is 73.6 Å². The van der Waals surface area contributed by atoms with Crippen LogP contribution in [0.3, 0.4) is 0 Å². The summed E-state index contributed by atoms with van der Waals surface area (Å²) in [5.74, 6) is 2.47. The summed E-state index contributed by atoms with van der Waals surface area (Å²) in [6, 6.07) is 12.4. The Morgan fingerprint density at radius 3 is 2.40 bits per heavy atom. The van der Waals surface area contributed by atoms with Gasteiger partial charge in [0.15, 0.2) is 11.5 Å². The van der Waals surface area contributed by atoms with Gasteiger partial charge in [0.05, 0.1) is 19.3 Å². The van der Waals surface area contributed by atoms with Gasteiger partial charge in [-0.1, -0.05) is 24.3 Å². The fourth-order valence-electron chi connectivity index (χ4n) is 5.24. The van der Waals surface area contributed by atoms with E-state index >= 15 is 0 Å². The van der Waals surface area contributed by atoms with E-state index in [9.17, 15) is 4.79 Å². The van der Waals surface area contributed by atoms with Crippen LogP contribution in [0.5, 0.6) is 11.5 Å². The van der Waals surface area contributed by atoms with Gasteiger partial charge in [-0.15, -0.1) is 6.58 Å². The molecule has 0 radical (unpaired) electrons. The number of H-pyrrole nitrogens is 1. The Bertz CT molecular complexity index is 1350. The topological polar surface area (TPSA) is 70.7 Å².